The van der Waals surface area contributed by atoms with Gasteiger partial charge in [-0.2, -0.15) is 0 Å². The second-order valence-corrected chi connectivity index (χ2v) is 4.59. The number of aliphatic carboxylic acids is 1. The summed E-state index contributed by atoms with van der Waals surface area (Å²) in [6.07, 6.45) is 1.81. The van der Waals surface area contributed by atoms with Gasteiger partial charge in [-0.05, 0) is 18.4 Å². The number of non-ortho nitro benzene ring substituents is 1. The fraction of sp³-hybridized carbons (Fsp3) is 0.429. The third kappa shape index (κ3) is 4.46. The third-order valence-corrected chi connectivity index (χ3v) is 3.05. The highest BCUT2D eigenvalue weighted by atomic mass is 16.6. The second-order valence-electron chi connectivity index (χ2n) is 4.59. The van der Waals surface area contributed by atoms with Gasteiger partial charge in [0.15, 0.2) is 0 Å². The van der Waals surface area contributed by atoms with Crippen LogP contribution in [0.15, 0.2) is 24.3 Å². The van der Waals surface area contributed by atoms with Gasteiger partial charge in [0.25, 0.3) is 5.69 Å². The molecule has 0 aliphatic heterocycles. The van der Waals surface area contributed by atoms with Crippen molar-refractivity contribution >= 4 is 17.4 Å². The first-order chi connectivity index (χ1) is 9.45. The molecule has 0 radical (unpaired) electrons. The van der Waals surface area contributed by atoms with Gasteiger partial charge in [-0.1, -0.05) is 25.5 Å². The summed E-state index contributed by atoms with van der Waals surface area (Å²) < 4.78 is 0. The number of nitrogens with zero attached hydrogens (tertiary/aromatic N) is 1. The molecule has 0 aliphatic rings. The number of carboxylic acid groups (broad SMARTS) is 1. The van der Waals surface area contributed by atoms with Crippen LogP contribution in [0.5, 0.6) is 0 Å². The zero-order valence-electron chi connectivity index (χ0n) is 11.2. The Kier molecular flexibility index (Phi) is 5.83. The number of hydrogen-bond acceptors (Lipinski definition) is 4. The molecule has 20 heavy (non-hydrogen) atoms. The molecular weight excluding hydrogens is 262 g/mol. The summed E-state index contributed by atoms with van der Waals surface area (Å²) in [6, 6.07) is 5.60. The van der Waals surface area contributed by atoms with Crippen molar-refractivity contribution in [1.82, 2.24) is 0 Å². The highest BCUT2D eigenvalue weighted by molar-refractivity contribution is 5.98. The molecule has 0 amide bonds. The SMILES string of the molecule is CCCCC(=O)C(Cc1ccc([N+](=O)[O-])cc1)C(=O)O. The summed E-state index contributed by atoms with van der Waals surface area (Å²) >= 11 is 0. The number of nitro benzene ring substituents is 1. The minimum absolute atomic E-state index is 0.0575. The van der Waals surface area contributed by atoms with Crippen LogP contribution in [0.2, 0.25) is 0 Å². The van der Waals surface area contributed by atoms with Gasteiger partial charge < -0.3 is 5.11 Å². The molecule has 1 rings (SSSR count). The topological polar surface area (TPSA) is 97.5 Å². The molecule has 0 bridgehead atoms. The molecule has 0 spiro atoms. The number of carbonyl (C=O) groups is 2. The minimum atomic E-state index is -1.15. The van der Waals surface area contributed by atoms with E-state index < -0.39 is 16.8 Å². The van der Waals surface area contributed by atoms with E-state index in [1.54, 1.807) is 0 Å². The number of rotatable bonds is 8. The van der Waals surface area contributed by atoms with Gasteiger partial charge in [0.1, 0.15) is 11.7 Å². The smallest absolute Gasteiger partial charge is 0.314 e. The zero-order valence-corrected chi connectivity index (χ0v) is 11.2. The fourth-order valence-corrected chi connectivity index (χ4v) is 1.85. The van der Waals surface area contributed by atoms with Crippen LogP contribution in [0.25, 0.3) is 0 Å². The maximum absolute atomic E-state index is 11.8. The van der Waals surface area contributed by atoms with Crippen LogP contribution in [0.3, 0.4) is 0 Å². The molecule has 1 atom stereocenters. The van der Waals surface area contributed by atoms with Crippen molar-refractivity contribution in [3.05, 3.63) is 39.9 Å². The van der Waals surface area contributed by atoms with E-state index in [1.807, 2.05) is 6.92 Å². The van der Waals surface area contributed by atoms with Crippen molar-refractivity contribution in [2.45, 2.75) is 32.6 Å². The molecule has 1 aromatic carbocycles. The zero-order chi connectivity index (χ0) is 15.1. The lowest BCUT2D eigenvalue weighted by Gasteiger charge is -2.11. The minimum Gasteiger partial charge on any atom is -0.481 e. The van der Waals surface area contributed by atoms with Crippen molar-refractivity contribution in [3.63, 3.8) is 0 Å². The van der Waals surface area contributed by atoms with Crippen molar-refractivity contribution in [1.29, 1.82) is 0 Å². The molecule has 1 unspecified atom stereocenters. The van der Waals surface area contributed by atoms with E-state index in [9.17, 15) is 19.7 Å². The van der Waals surface area contributed by atoms with Gasteiger partial charge in [0, 0.05) is 18.6 Å². The third-order valence-electron chi connectivity index (χ3n) is 3.05. The second kappa shape index (κ2) is 7.37. The summed E-state index contributed by atoms with van der Waals surface area (Å²) in [6.45, 7) is 1.93. The largest absolute Gasteiger partial charge is 0.481 e. The van der Waals surface area contributed by atoms with Crippen molar-refractivity contribution in [3.8, 4) is 0 Å². The Morgan fingerprint density at radius 1 is 1.30 bits per heavy atom. The lowest BCUT2D eigenvalue weighted by atomic mass is 9.92. The number of ketones is 1. The first-order valence-electron chi connectivity index (χ1n) is 6.44. The van der Waals surface area contributed by atoms with Gasteiger partial charge in [0.2, 0.25) is 0 Å². The molecule has 0 aromatic heterocycles. The van der Waals surface area contributed by atoms with Gasteiger partial charge in [0.05, 0.1) is 4.92 Å². The van der Waals surface area contributed by atoms with Gasteiger partial charge in [-0.3, -0.25) is 19.7 Å². The fourth-order valence-electron chi connectivity index (χ4n) is 1.85. The number of carboxylic acids is 1. The van der Waals surface area contributed by atoms with Crippen LogP contribution in [0, 0.1) is 16.0 Å². The summed E-state index contributed by atoms with van der Waals surface area (Å²) in [5.74, 6) is -2.52. The molecule has 0 saturated heterocycles. The van der Waals surface area contributed by atoms with E-state index in [1.165, 1.54) is 24.3 Å². The highest BCUT2D eigenvalue weighted by Crippen LogP contribution is 2.17. The molecule has 1 N–H and O–H groups in total. The standard InChI is InChI=1S/C14H17NO5/c1-2-3-4-13(16)12(14(17)18)9-10-5-7-11(8-6-10)15(19)20/h5-8,12H,2-4,9H2,1H3,(H,17,18). The number of unbranched alkanes of at least 4 members (excludes halogenated alkanes) is 1. The number of benzene rings is 1. The van der Waals surface area contributed by atoms with Crippen LogP contribution in [0.1, 0.15) is 31.7 Å². The van der Waals surface area contributed by atoms with Crippen LogP contribution in [-0.2, 0) is 16.0 Å². The Morgan fingerprint density at radius 2 is 1.90 bits per heavy atom. The maximum atomic E-state index is 11.8. The lowest BCUT2D eigenvalue weighted by Crippen LogP contribution is -2.25. The van der Waals surface area contributed by atoms with Crippen LogP contribution >= 0.6 is 0 Å². The molecule has 0 heterocycles. The van der Waals surface area contributed by atoms with Crippen LogP contribution < -0.4 is 0 Å². The summed E-state index contributed by atoms with van der Waals surface area (Å²) in [7, 11) is 0. The average Bonchev–Trinajstić information content (AvgIpc) is 2.42. The van der Waals surface area contributed by atoms with Crippen molar-refractivity contribution in [2.75, 3.05) is 0 Å². The predicted molar refractivity (Wildman–Crippen MR) is 72.5 cm³/mol. The predicted octanol–water partition coefficient (Wildman–Crippen LogP) is 2.60. The monoisotopic (exact) mass is 279 g/mol. The van der Waals surface area contributed by atoms with E-state index in [0.717, 1.165) is 6.42 Å². The van der Waals surface area contributed by atoms with E-state index in [2.05, 4.69) is 0 Å². The highest BCUT2D eigenvalue weighted by Gasteiger charge is 2.25. The van der Waals surface area contributed by atoms with E-state index in [4.69, 9.17) is 5.11 Å². The average molecular weight is 279 g/mol. The van der Waals surface area contributed by atoms with E-state index in [-0.39, 0.29) is 24.3 Å². The molecule has 0 fully saturated rings. The number of hydrogen-bond donors (Lipinski definition) is 1. The summed E-state index contributed by atoms with van der Waals surface area (Å²) in [5, 5.41) is 19.6. The molecule has 6 nitrogen and oxygen atoms in total. The van der Waals surface area contributed by atoms with Crippen LogP contribution in [0.4, 0.5) is 5.69 Å². The molecule has 108 valence electrons. The van der Waals surface area contributed by atoms with Gasteiger partial charge >= 0.3 is 5.97 Å². The molecule has 1 aromatic rings. The first kappa shape index (κ1) is 15.8. The Morgan fingerprint density at radius 3 is 2.35 bits per heavy atom. The molecule has 0 aliphatic carbocycles. The van der Waals surface area contributed by atoms with Gasteiger partial charge in [-0.15, -0.1) is 0 Å². The lowest BCUT2D eigenvalue weighted by molar-refractivity contribution is -0.384. The van der Waals surface area contributed by atoms with E-state index >= 15 is 0 Å². The molecule has 0 saturated carbocycles. The van der Waals surface area contributed by atoms with Crippen molar-refractivity contribution in [2.24, 2.45) is 5.92 Å². The Labute approximate surface area is 116 Å². The summed E-state index contributed by atoms with van der Waals surface area (Å²) in [4.78, 5) is 33.0. The first-order valence-corrected chi connectivity index (χ1v) is 6.44. The molecular formula is C14H17NO5. The number of nitro groups is 1. The summed E-state index contributed by atoms with van der Waals surface area (Å²) in [5.41, 5.74) is 0.547. The molecule has 6 heteroatoms. The quantitative estimate of drug-likeness (QED) is 0.448. The maximum Gasteiger partial charge on any atom is 0.314 e. The Bertz CT molecular complexity index is 495. The van der Waals surface area contributed by atoms with Crippen LogP contribution in [-0.4, -0.2) is 21.8 Å². The van der Waals surface area contributed by atoms with Crippen molar-refractivity contribution < 1.29 is 19.6 Å². The Hall–Kier alpha value is -2.24. The normalized spacial score (nSPS) is 11.8. The Balaban J connectivity index is 2.77. The van der Waals surface area contributed by atoms with E-state index in [0.29, 0.717) is 12.0 Å². The number of carbonyl (C=O) groups excluding carboxylic acids is 1. The van der Waals surface area contributed by atoms with Gasteiger partial charge in [-0.25, -0.2) is 0 Å². The number of Topliss-reactive ketones (excluding diaryl/α,β-unsaturated/α-hetero) is 1.